The molecule has 2 atom stereocenters. The number of cyclic esters (lactones) is 1. The van der Waals surface area contributed by atoms with Crippen molar-refractivity contribution in [1.29, 1.82) is 0 Å². The highest BCUT2D eigenvalue weighted by Gasteiger charge is 2.41. The topological polar surface area (TPSA) is 62.3 Å². The smallest absolute Gasteiger partial charge is 0.311 e. The van der Waals surface area contributed by atoms with Crippen LogP contribution in [0.25, 0.3) is 10.9 Å². The molecule has 0 bridgehead atoms. The fourth-order valence-electron chi connectivity index (χ4n) is 3.21. The summed E-state index contributed by atoms with van der Waals surface area (Å²) in [6, 6.07) is 8.21. The molecule has 3 rings (SSSR count). The molecule has 0 amide bonds. The molecule has 4 nitrogen and oxygen atoms in total. The van der Waals surface area contributed by atoms with Crippen molar-refractivity contribution >= 4 is 16.9 Å². The van der Waals surface area contributed by atoms with Crippen LogP contribution in [0, 0.1) is 5.92 Å². The van der Waals surface area contributed by atoms with Crippen molar-refractivity contribution < 1.29 is 14.6 Å². The molecule has 0 saturated carbocycles. The number of H-pyrrole nitrogens is 1. The second kappa shape index (κ2) is 5.53. The first kappa shape index (κ1) is 14.1. The average molecular weight is 287 g/mol. The number of para-hydroxylation sites is 1. The van der Waals surface area contributed by atoms with Gasteiger partial charge in [0.15, 0.2) is 0 Å². The molecule has 2 N–H and O–H groups in total. The second-order valence-corrected chi connectivity index (χ2v) is 6.08. The zero-order chi connectivity index (χ0) is 14.9. The van der Waals surface area contributed by atoms with Gasteiger partial charge >= 0.3 is 5.97 Å². The van der Waals surface area contributed by atoms with Crippen molar-refractivity contribution in [1.82, 2.24) is 4.98 Å². The third-order valence-electron chi connectivity index (χ3n) is 4.49. The lowest BCUT2D eigenvalue weighted by Gasteiger charge is -2.27. The lowest BCUT2D eigenvalue weighted by atomic mass is 9.83. The van der Waals surface area contributed by atoms with Crippen LogP contribution in [-0.2, 0) is 16.0 Å². The van der Waals surface area contributed by atoms with Gasteiger partial charge in [-0.1, -0.05) is 18.2 Å². The van der Waals surface area contributed by atoms with E-state index in [1.54, 1.807) is 6.92 Å². The second-order valence-electron chi connectivity index (χ2n) is 6.08. The van der Waals surface area contributed by atoms with E-state index in [-0.39, 0.29) is 11.9 Å². The van der Waals surface area contributed by atoms with Crippen LogP contribution in [0.5, 0.6) is 0 Å². The molecule has 1 aliphatic rings. The molecular formula is C17H21NO3. The highest BCUT2D eigenvalue weighted by Crippen LogP contribution is 2.31. The fraction of sp³-hybridized carbons (Fsp3) is 0.471. The Morgan fingerprint density at radius 1 is 1.43 bits per heavy atom. The molecule has 2 unspecified atom stereocenters. The highest BCUT2D eigenvalue weighted by molar-refractivity contribution is 5.83. The Labute approximate surface area is 124 Å². The molecule has 4 heteroatoms. The predicted molar refractivity (Wildman–Crippen MR) is 80.9 cm³/mol. The van der Waals surface area contributed by atoms with Gasteiger partial charge in [-0.05, 0) is 44.2 Å². The maximum Gasteiger partial charge on any atom is 0.311 e. The molecule has 1 fully saturated rings. The molecule has 0 spiro atoms. The normalized spacial score (nSPS) is 21.4. The van der Waals surface area contributed by atoms with E-state index in [0.717, 1.165) is 18.4 Å². The van der Waals surface area contributed by atoms with Crippen LogP contribution in [0.1, 0.15) is 31.7 Å². The summed E-state index contributed by atoms with van der Waals surface area (Å²) in [5, 5.41) is 11.8. The van der Waals surface area contributed by atoms with Crippen LogP contribution in [0.4, 0.5) is 0 Å². The van der Waals surface area contributed by atoms with Crippen LogP contribution in [0.15, 0.2) is 30.5 Å². The summed E-state index contributed by atoms with van der Waals surface area (Å²) in [5.41, 5.74) is 1.42. The van der Waals surface area contributed by atoms with E-state index in [1.807, 2.05) is 18.3 Å². The number of rotatable bonds is 5. The number of aromatic amines is 1. The number of fused-ring (bicyclic) bond motifs is 1. The monoisotopic (exact) mass is 287 g/mol. The first-order valence-electron chi connectivity index (χ1n) is 7.52. The third-order valence-corrected chi connectivity index (χ3v) is 4.49. The summed E-state index contributed by atoms with van der Waals surface area (Å²) in [4.78, 5) is 14.9. The van der Waals surface area contributed by atoms with Crippen LogP contribution in [0.2, 0.25) is 0 Å². The van der Waals surface area contributed by atoms with Gasteiger partial charge in [-0.2, -0.15) is 0 Å². The van der Waals surface area contributed by atoms with E-state index < -0.39 is 5.60 Å². The average Bonchev–Trinajstić information content (AvgIpc) is 3.06. The SMILES string of the molecule is CC(O)(CCCc1c[nH]c2ccccc12)C1CCOC1=O. The third kappa shape index (κ3) is 2.81. The van der Waals surface area contributed by atoms with Crippen LogP contribution in [0.3, 0.4) is 0 Å². The minimum Gasteiger partial charge on any atom is -0.465 e. The molecule has 1 aromatic heterocycles. The Hall–Kier alpha value is -1.81. The Bertz CT molecular complexity index is 644. The van der Waals surface area contributed by atoms with Crippen LogP contribution >= 0.6 is 0 Å². The molecule has 0 radical (unpaired) electrons. The number of carbonyl (C=O) groups is 1. The quantitative estimate of drug-likeness (QED) is 0.831. The lowest BCUT2D eigenvalue weighted by molar-refractivity contribution is -0.148. The number of aromatic nitrogens is 1. The van der Waals surface area contributed by atoms with E-state index in [9.17, 15) is 9.90 Å². The summed E-state index contributed by atoms with van der Waals surface area (Å²) in [6.07, 6.45) is 5.00. The first-order valence-corrected chi connectivity index (χ1v) is 7.52. The van der Waals surface area contributed by atoms with Gasteiger partial charge < -0.3 is 14.8 Å². The number of carbonyl (C=O) groups excluding carboxylic acids is 1. The summed E-state index contributed by atoms with van der Waals surface area (Å²) < 4.78 is 4.96. The standard InChI is InChI=1S/C17H21NO3/c1-17(20,14-8-10-21-16(14)19)9-4-5-12-11-18-15-7-3-2-6-13(12)15/h2-3,6-7,11,14,18,20H,4-5,8-10H2,1H3. The van der Waals surface area contributed by atoms with Crippen molar-refractivity contribution in [3.63, 3.8) is 0 Å². The van der Waals surface area contributed by atoms with Gasteiger partial charge in [0, 0.05) is 17.1 Å². The van der Waals surface area contributed by atoms with Gasteiger partial charge in [-0.25, -0.2) is 0 Å². The predicted octanol–water partition coefficient (Wildman–Crippen LogP) is 2.80. The number of benzene rings is 1. The maximum atomic E-state index is 11.6. The molecule has 1 aliphatic heterocycles. The van der Waals surface area contributed by atoms with Gasteiger partial charge in [-0.3, -0.25) is 4.79 Å². The summed E-state index contributed by atoms with van der Waals surface area (Å²) >= 11 is 0. The van der Waals surface area contributed by atoms with E-state index in [0.29, 0.717) is 19.4 Å². The van der Waals surface area contributed by atoms with Crippen LogP contribution in [-0.4, -0.2) is 28.3 Å². The number of hydrogen-bond acceptors (Lipinski definition) is 3. The number of aryl methyl sites for hydroxylation is 1. The molecule has 112 valence electrons. The number of esters is 1. The Kier molecular flexibility index (Phi) is 3.72. The van der Waals surface area contributed by atoms with Crippen molar-refractivity contribution in [2.45, 2.75) is 38.2 Å². The van der Waals surface area contributed by atoms with E-state index >= 15 is 0 Å². The van der Waals surface area contributed by atoms with Crippen molar-refractivity contribution in [2.24, 2.45) is 5.92 Å². The van der Waals surface area contributed by atoms with Crippen molar-refractivity contribution in [2.75, 3.05) is 6.61 Å². The first-order chi connectivity index (χ1) is 10.1. The molecule has 2 aromatic rings. The van der Waals surface area contributed by atoms with Crippen molar-refractivity contribution in [3.05, 3.63) is 36.0 Å². The summed E-state index contributed by atoms with van der Waals surface area (Å²) in [6.45, 7) is 2.18. The molecule has 1 aromatic carbocycles. The number of hydrogen-bond donors (Lipinski definition) is 2. The van der Waals surface area contributed by atoms with Gasteiger partial charge in [0.05, 0.1) is 18.1 Å². The van der Waals surface area contributed by atoms with Gasteiger partial charge in [-0.15, -0.1) is 0 Å². The molecule has 1 saturated heterocycles. The van der Waals surface area contributed by atoms with Crippen LogP contribution < -0.4 is 0 Å². The molecule has 2 heterocycles. The summed E-state index contributed by atoms with van der Waals surface area (Å²) in [7, 11) is 0. The van der Waals surface area contributed by atoms with E-state index in [2.05, 4.69) is 17.1 Å². The lowest BCUT2D eigenvalue weighted by Crippen LogP contribution is -2.37. The van der Waals surface area contributed by atoms with Gasteiger partial charge in [0.25, 0.3) is 0 Å². The maximum absolute atomic E-state index is 11.6. The highest BCUT2D eigenvalue weighted by atomic mass is 16.5. The van der Waals surface area contributed by atoms with Crippen molar-refractivity contribution in [3.8, 4) is 0 Å². The van der Waals surface area contributed by atoms with E-state index in [1.165, 1.54) is 10.9 Å². The minimum absolute atomic E-state index is 0.257. The van der Waals surface area contributed by atoms with Gasteiger partial charge in [0.2, 0.25) is 0 Å². The molecule has 0 aliphatic carbocycles. The van der Waals surface area contributed by atoms with E-state index in [4.69, 9.17) is 4.74 Å². The summed E-state index contributed by atoms with van der Waals surface area (Å²) in [5.74, 6) is -0.632. The Morgan fingerprint density at radius 3 is 3.00 bits per heavy atom. The fourth-order valence-corrected chi connectivity index (χ4v) is 3.21. The molecule has 21 heavy (non-hydrogen) atoms. The zero-order valence-electron chi connectivity index (χ0n) is 12.3. The Balaban J connectivity index is 1.62. The number of ether oxygens (including phenoxy) is 1. The zero-order valence-corrected chi connectivity index (χ0v) is 12.3. The van der Waals surface area contributed by atoms with Gasteiger partial charge in [0.1, 0.15) is 0 Å². The number of aliphatic hydroxyl groups is 1. The minimum atomic E-state index is -0.973. The number of nitrogens with one attached hydrogen (secondary N) is 1. The Morgan fingerprint density at radius 2 is 2.24 bits per heavy atom. The largest absolute Gasteiger partial charge is 0.465 e. The molecular weight excluding hydrogens is 266 g/mol.